The van der Waals surface area contributed by atoms with E-state index in [0.29, 0.717) is 18.7 Å². The summed E-state index contributed by atoms with van der Waals surface area (Å²) in [6.45, 7) is 2.70. The number of amides is 2. The van der Waals surface area contributed by atoms with Gasteiger partial charge in [0.05, 0.1) is 12.5 Å². The van der Waals surface area contributed by atoms with Gasteiger partial charge in [0.25, 0.3) is 11.8 Å². The first-order chi connectivity index (χ1) is 16.5. The van der Waals surface area contributed by atoms with Gasteiger partial charge in [-0.3, -0.25) is 14.4 Å². The Hall–Kier alpha value is -3.93. The Kier molecular flexibility index (Phi) is 7.38. The fourth-order valence-electron chi connectivity index (χ4n) is 4.17. The Morgan fingerprint density at radius 2 is 1.50 bits per heavy atom. The van der Waals surface area contributed by atoms with Crippen molar-refractivity contribution in [1.29, 1.82) is 0 Å². The predicted octanol–water partition coefficient (Wildman–Crippen LogP) is 4.06. The SMILES string of the molecule is CC(OC(=O)CC(NC(=O)c1ccccc1)c1ccccc1)C(=O)N1CCc2ccccc2C1. The molecule has 2 unspecified atom stereocenters. The molecule has 0 saturated heterocycles. The van der Waals surface area contributed by atoms with Gasteiger partial charge in [-0.25, -0.2) is 0 Å². The molecule has 3 aromatic rings. The zero-order chi connectivity index (χ0) is 23.9. The molecule has 0 saturated carbocycles. The summed E-state index contributed by atoms with van der Waals surface area (Å²) >= 11 is 0. The molecule has 2 amide bonds. The average molecular weight is 457 g/mol. The molecule has 174 valence electrons. The summed E-state index contributed by atoms with van der Waals surface area (Å²) in [5.74, 6) is -1.04. The molecule has 6 nitrogen and oxygen atoms in total. The topological polar surface area (TPSA) is 75.7 Å². The van der Waals surface area contributed by atoms with E-state index >= 15 is 0 Å². The molecule has 34 heavy (non-hydrogen) atoms. The number of hydrogen-bond donors (Lipinski definition) is 1. The van der Waals surface area contributed by atoms with Crippen molar-refractivity contribution >= 4 is 17.8 Å². The molecule has 4 rings (SSSR count). The third kappa shape index (κ3) is 5.70. The molecule has 1 aliphatic rings. The van der Waals surface area contributed by atoms with Crippen molar-refractivity contribution in [2.45, 2.75) is 38.5 Å². The number of rotatable bonds is 7. The highest BCUT2D eigenvalue weighted by molar-refractivity contribution is 5.94. The van der Waals surface area contributed by atoms with Gasteiger partial charge in [0.1, 0.15) is 0 Å². The predicted molar refractivity (Wildman–Crippen MR) is 129 cm³/mol. The van der Waals surface area contributed by atoms with Gasteiger partial charge in [-0.2, -0.15) is 0 Å². The highest BCUT2D eigenvalue weighted by Gasteiger charge is 2.28. The molecule has 0 aromatic heterocycles. The first kappa shape index (κ1) is 23.2. The first-order valence-corrected chi connectivity index (χ1v) is 11.5. The van der Waals surface area contributed by atoms with Crippen LogP contribution in [0.3, 0.4) is 0 Å². The average Bonchev–Trinajstić information content (AvgIpc) is 2.88. The third-order valence-corrected chi connectivity index (χ3v) is 6.01. The van der Waals surface area contributed by atoms with Crippen LogP contribution in [0.4, 0.5) is 0 Å². The summed E-state index contributed by atoms with van der Waals surface area (Å²) in [7, 11) is 0. The van der Waals surface area contributed by atoms with E-state index in [2.05, 4.69) is 11.4 Å². The van der Waals surface area contributed by atoms with Gasteiger partial charge >= 0.3 is 5.97 Å². The van der Waals surface area contributed by atoms with Crippen molar-refractivity contribution in [1.82, 2.24) is 10.2 Å². The molecule has 1 N–H and O–H groups in total. The largest absolute Gasteiger partial charge is 0.452 e. The number of nitrogens with zero attached hydrogens (tertiary/aromatic N) is 1. The van der Waals surface area contributed by atoms with Crippen LogP contribution in [0, 0.1) is 0 Å². The molecule has 2 atom stereocenters. The van der Waals surface area contributed by atoms with Gasteiger partial charge in [-0.05, 0) is 42.2 Å². The monoisotopic (exact) mass is 456 g/mol. The van der Waals surface area contributed by atoms with Crippen LogP contribution in [0.25, 0.3) is 0 Å². The summed E-state index contributed by atoms with van der Waals surface area (Å²) in [4.78, 5) is 40.2. The lowest BCUT2D eigenvalue weighted by Crippen LogP contribution is -2.43. The Balaban J connectivity index is 1.39. The van der Waals surface area contributed by atoms with E-state index < -0.39 is 18.1 Å². The van der Waals surface area contributed by atoms with Gasteiger partial charge in [-0.15, -0.1) is 0 Å². The minimum atomic E-state index is -0.904. The number of carbonyl (C=O) groups is 3. The number of fused-ring (bicyclic) bond motifs is 1. The van der Waals surface area contributed by atoms with E-state index in [1.165, 1.54) is 5.56 Å². The Bertz CT molecular complexity index is 1150. The molecule has 1 heterocycles. The van der Waals surface area contributed by atoms with E-state index in [1.807, 2.05) is 54.6 Å². The van der Waals surface area contributed by atoms with Crippen molar-refractivity contribution in [3.05, 3.63) is 107 Å². The minimum Gasteiger partial charge on any atom is -0.452 e. The fraction of sp³-hybridized carbons (Fsp3) is 0.250. The van der Waals surface area contributed by atoms with E-state index in [-0.39, 0.29) is 18.2 Å². The van der Waals surface area contributed by atoms with E-state index in [4.69, 9.17) is 4.74 Å². The van der Waals surface area contributed by atoms with Crippen LogP contribution in [-0.2, 0) is 27.3 Å². The number of nitrogens with one attached hydrogen (secondary N) is 1. The second-order valence-corrected chi connectivity index (χ2v) is 8.42. The van der Waals surface area contributed by atoms with Crippen molar-refractivity contribution in [3.63, 3.8) is 0 Å². The summed E-state index contributed by atoms with van der Waals surface area (Å²) in [6, 6.07) is 25.6. The number of ether oxygens (including phenoxy) is 1. The van der Waals surface area contributed by atoms with E-state index in [0.717, 1.165) is 17.5 Å². The lowest BCUT2D eigenvalue weighted by molar-refractivity contribution is -0.160. The molecule has 0 fully saturated rings. The van der Waals surface area contributed by atoms with Gasteiger partial charge < -0.3 is 15.0 Å². The van der Waals surface area contributed by atoms with Crippen LogP contribution in [0.5, 0.6) is 0 Å². The number of carbonyl (C=O) groups excluding carboxylic acids is 3. The number of hydrogen-bond acceptors (Lipinski definition) is 4. The molecule has 0 radical (unpaired) electrons. The Morgan fingerprint density at radius 1 is 0.882 bits per heavy atom. The standard InChI is InChI=1S/C28H28N2O4/c1-20(28(33)30-17-16-21-10-8-9-15-24(21)19-30)34-26(31)18-25(22-11-4-2-5-12-22)29-27(32)23-13-6-3-7-14-23/h2-15,20,25H,16-19H2,1H3,(H,29,32). The van der Waals surface area contributed by atoms with Gasteiger partial charge in [0.2, 0.25) is 0 Å². The zero-order valence-corrected chi connectivity index (χ0v) is 19.1. The lowest BCUT2D eigenvalue weighted by Gasteiger charge is -2.30. The second kappa shape index (κ2) is 10.8. The van der Waals surface area contributed by atoms with Crippen molar-refractivity contribution in [2.24, 2.45) is 0 Å². The number of esters is 1. The van der Waals surface area contributed by atoms with Crippen LogP contribution in [0.2, 0.25) is 0 Å². The van der Waals surface area contributed by atoms with Crippen LogP contribution in [0.1, 0.15) is 46.4 Å². The van der Waals surface area contributed by atoms with Crippen LogP contribution in [0.15, 0.2) is 84.9 Å². The van der Waals surface area contributed by atoms with Crippen LogP contribution >= 0.6 is 0 Å². The Labute approximate surface area is 199 Å². The summed E-state index contributed by atoms with van der Waals surface area (Å²) in [5, 5.41) is 2.92. The maximum absolute atomic E-state index is 12.9. The highest BCUT2D eigenvalue weighted by Crippen LogP contribution is 2.21. The van der Waals surface area contributed by atoms with Crippen molar-refractivity contribution in [3.8, 4) is 0 Å². The van der Waals surface area contributed by atoms with Crippen molar-refractivity contribution in [2.75, 3.05) is 6.54 Å². The summed E-state index contributed by atoms with van der Waals surface area (Å²) in [6.07, 6.45) is -0.202. The number of benzene rings is 3. The fourth-order valence-corrected chi connectivity index (χ4v) is 4.17. The highest BCUT2D eigenvalue weighted by atomic mass is 16.5. The van der Waals surface area contributed by atoms with Crippen LogP contribution < -0.4 is 5.32 Å². The molecular formula is C28H28N2O4. The molecular weight excluding hydrogens is 428 g/mol. The third-order valence-electron chi connectivity index (χ3n) is 6.01. The van der Waals surface area contributed by atoms with E-state index in [9.17, 15) is 14.4 Å². The van der Waals surface area contributed by atoms with Gasteiger partial charge in [0, 0.05) is 18.7 Å². The zero-order valence-electron chi connectivity index (χ0n) is 19.1. The molecule has 0 bridgehead atoms. The maximum atomic E-state index is 12.9. The van der Waals surface area contributed by atoms with Crippen LogP contribution in [-0.4, -0.2) is 35.3 Å². The quantitative estimate of drug-likeness (QED) is 0.544. The lowest BCUT2D eigenvalue weighted by atomic mass is 9.99. The first-order valence-electron chi connectivity index (χ1n) is 11.5. The maximum Gasteiger partial charge on any atom is 0.309 e. The minimum absolute atomic E-state index is 0.0803. The summed E-state index contributed by atoms with van der Waals surface area (Å²) < 4.78 is 5.51. The van der Waals surface area contributed by atoms with Crippen molar-refractivity contribution < 1.29 is 19.1 Å². The second-order valence-electron chi connectivity index (χ2n) is 8.42. The molecule has 1 aliphatic heterocycles. The Morgan fingerprint density at radius 3 is 2.21 bits per heavy atom. The molecule has 6 heteroatoms. The van der Waals surface area contributed by atoms with Gasteiger partial charge in [-0.1, -0.05) is 72.8 Å². The molecule has 0 spiro atoms. The smallest absolute Gasteiger partial charge is 0.309 e. The van der Waals surface area contributed by atoms with Gasteiger partial charge in [0.15, 0.2) is 6.10 Å². The summed E-state index contributed by atoms with van der Waals surface area (Å²) in [5.41, 5.74) is 3.66. The molecule has 0 aliphatic carbocycles. The normalized spacial score (nSPS) is 14.4. The van der Waals surface area contributed by atoms with E-state index in [1.54, 1.807) is 36.1 Å². The molecule has 3 aromatic carbocycles.